The van der Waals surface area contributed by atoms with E-state index in [1.165, 1.54) is 6.07 Å². The van der Waals surface area contributed by atoms with Gasteiger partial charge < -0.3 is 24.8 Å². The number of hydrogen-bond donors (Lipinski definition) is 2. The molecule has 0 aliphatic carbocycles. The number of halogens is 1. The van der Waals surface area contributed by atoms with Crippen LogP contribution in [-0.4, -0.2) is 44.1 Å². The first-order valence-electron chi connectivity index (χ1n) is 9.00. The van der Waals surface area contributed by atoms with Crippen molar-refractivity contribution in [2.75, 3.05) is 37.8 Å². The zero-order valence-electron chi connectivity index (χ0n) is 14.8. The van der Waals surface area contributed by atoms with Crippen LogP contribution < -0.4 is 15.0 Å². The molecule has 1 unspecified atom stereocenters. The molecule has 2 N–H and O–H groups in total. The molecule has 7 heteroatoms. The maximum atomic E-state index is 14.7. The number of ether oxygens (including phenoxy) is 2. The minimum Gasteiger partial charge on any atom is -0.493 e. The Bertz CT molecular complexity index is 852. The molecule has 6 nitrogen and oxygen atoms in total. The van der Waals surface area contributed by atoms with Crippen LogP contribution in [0.4, 0.5) is 14.9 Å². The van der Waals surface area contributed by atoms with E-state index in [-0.39, 0.29) is 11.9 Å². The van der Waals surface area contributed by atoms with E-state index in [0.29, 0.717) is 50.8 Å². The highest BCUT2D eigenvalue weighted by molar-refractivity contribution is 5.70. The second-order valence-electron chi connectivity index (χ2n) is 6.66. The highest BCUT2D eigenvalue weighted by Gasteiger charge is 2.23. The van der Waals surface area contributed by atoms with E-state index in [1.54, 1.807) is 6.07 Å². The van der Waals surface area contributed by atoms with Gasteiger partial charge in [-0.25, -0.2) is 9.18 Å². The van der Waals surface area contributed by atoms with Gasteiger partial charge in [-0.2, -0.15) is 0 Å². The number of carboxylic acid groups (broad SMARTS) is 1. The Balaban J connectivity index is 1.60. The molecule has 27 heavy (non-hydrogen) atoms. The molecule has 2 aliphatic heterocycles. The van der Waals surface area contributed by atoms with Crippen molar-refractivity contribution >= 4 is 11.8 Å². The van der Waals surface area contributed by atoms with Crippen LogP contribution in [0.1, 0.15) is 18.0 Å². The summed E-state index contributed by atoms with van der Waals surface area (Å²) in [6.07, 6.45) is -0.473. The van der Waals surface area contributed by atoms with Gasteiger partial charge in [0.2, 0.25) is 0 Å². The number of anilines is 1. The van der Waals surface area contributed by atoms with Crippen LogP contribution in [0.15, 0.2) is 36.4 Å². The predicted octanol–water partition coefficient (Wildman–Crippen LogP) is 3.42. The third-order valence-corrected chi connectivity index (χ3v) is 4.98. The second kappa shape index (κ2) is 7.44. The van der Waals surface area contributed by atoms with E-state index < -0.39 is 6.09 Å². The van der Waals surface area contributed by atoms with Crippen LogP contribution in [-0.2, 0) is 4.74 Å². The third-order valence-electron chi connectivity index (χ3n) is 4.98. The number of hydrogen-bond acceptors (Lipinski definition) is 4. The number of morpholine rings is 1. The molecule has 2 aromatic rings. The fourth-order valence-electron chi connectivity index (χ4n) is 3.62. The van der Waals surface area contributed by atoms with Crippen molar-refractivity contribution in [1.29, 1.82) is 0 Å². The summed E-state index contributed by atoms with van der Waals surface area (Å²) in [5.41, 5.74) is 2.97. The standard InChI is InChI=1S/C20H21FN2O4/c21-16-11-13(2-4-18(16)23-6-9-26-10-7-23)14-1-3-15-17(22-20(24)25)5-8-27-19(15)12-14/h1-4,11-12,17,22H,5-10H2,(H,24,25). The van der Waals surface area contributed by atoms with E-state index in [9.17, 15) is 9.18 Å². The summed E-state index contributed by atoms with van der Waals surface area (Å²) >= 11 is 0. The van der Waals surface area contributed by atoms with Gasteiger partial charge in [-0.15, -0.1) is 0 Å². The molecule has 1 fully saturated rings. The predicted molar refractivity (Wildman–Crippen MR) is 98.9 cm³/mol. The van der Waals surface area contributed by atoms with Gasteiger partial charge in [0.1, 0.15) is 11.6 Å². The highest BCUT2D eigenvalue weighted by Crippen LogP contribution is 2.36. The van der Waals surface area contributed by atoms with Crippen molar-refractivity contribution in [3.8, 4) is 16.9 Å². The van der Waals surface area contributed by atoms with E-state index >= 15 is 0 Å². The molecule has 4 rings (SSSR count). The molecule has 1 amide bonds. The number of benzene rings is 2. The Morgan fingerprint density at radius 1 is 1.11 bits per heavy atom. The molecular formula is C20H21FN2O4. The summed E-state index contributed by atoms with van der Waals surface area (Å²) < 4.78 is 25.7. The average molecular weight is 372 g/mol. The van der Waals surface area contributed by atoms with Gasteiger partial charge in [0.05, 0.1) is 31.5 Å². The fourth-order valence-corrected chi connectivity index (χ4v) is 3.62. The van der Waals surface area contributed by atoms with Crippen LogP contribution in [0.3, 0.4) is 0 Å². The fraction of sp³-hybridized carbons (Fsp3) is 0.350. The number of nitrogens with one attached hydrogen (secondary N) is 1. The Morgan fingerprint density at radius 2 is 1.85 bits per heavy atom. The summed E-state index contributed by atoms with van der Waals surface area (Å²) in [5, 5.41) is 11.5. The molecule has 2 aromatic carbocycles. The van der Waals surface area contributed by atoms with E-state index in [4.69, 9.17) is 14.6 Å². The largest absolute Gasteiger partial charge is 0.493 e. The summed E-state index contributed by atoms with van der Waals surface area (Å²) in [4.78, 5) is 12.9. The number of amides is 1. The molecule has 0 saturated carbocycles. The minimum atomic E-state index is -1.06. The van der Waals surface area contributed by atoms with Crippen molar-refractivity contribution < 1.29 is 23.8 Å². The molecule has 2 heterocycles. The first-order chi connectivity index (χ1) is 13.1. The van der Waals surface area contributed by atoms with Crippen molar-refractivity contribution in [2.45, 2.75) is 12.5 Å². The number of carbonyl (C=O) groups is 1. The Hall–Kier alpha value is -2.80. The number of fused-ring (bicyclic) bond motifs is 1. The van der Waals surface area contributed by atoms with Gasteiger partial charge in [-0.3, -0.25) is 0 Å². The zero-order valence-corrected chi connectivity index (χ0v) is 14.8. The van der Waals surface area contributed by atoms with Crippen LogP contribution >= 0.6 is 0 Å². The topological polar surface area (TPSA) is 71.0 Å². The second-order valence-corrected chi connectivity index (χ2v) is 6.66. The van der Waals surface area contributed by atoms with Crippen LogP contribution in [0.25, 0.3) is 11.1 Å². The van der Waals surface area contributed by atoms with Crippen molar-refractivity contribution in [1.82, 2.24) is 5.32 Å². The van der Waals surface area contributed by atoms with Crippen molar-refractivity contribution in [2.24, 2.45) is 0 Å². The Kier molecular flexibility index (Phi) is 4.85. The maximum Gasteiger partial charge on any atom is 0.405 e. The molecule has 0 bridgehead atoms. The molecule has 0 spiro atoms. The highest BCUT2D eigenvalue weighted by atomic mass is 19.1. The van der Waals surface area contributed by atoms with E-state index in [0.717, 1.165) is 16.7 Å². The first-order valence-corrected chi connectivity index (χ1v) is 9.00. The van der Waals surface area contributed by atoms with Crippen LogP contribution in [0, 0.1) is 5.82 Å². The first kappa shape index (κ1) is 17.6. The van der Waals surface area contributed by atoms with Gasteiger partial charge in [0, 0.05) is 25.1 Å². The molecule has 1 saturated heterocycles. The molecule has 0 radical (unpaired) electrons. The number of nitrogens with zero attached hydrogens (tertiary/aromatic N) is 1. The average Bonchev–Trinajstić information content (AvgIpc) is 2.68. The molecule has 1 atom stereocenters. The third kappa shape index (κ3) is 3.68. The monoisotopic (exact) mass is 372 g/mol. The van der Waals surface area contributed by atoms with Gasteiger partial charge in [0.25, 0.3) is 0 Å². The summed E-state index contributed by atoms with van der Waals surface area (Å²) in [6, 6.07) is 10.5. The van der Waals surface area contributed by atoms with Gasteiger partial charge in [-0.05, 0) is 29.3 Å². The Labute approximate surface area is 156 Å². The lowest BCUT2D eigenvalue weighted by molar-refractivity contribution is 0.122. The summed E-state index contributed by atoms with van der Waals surface area (Å²) in [5.74, 6) is 0.369. The van der Waals surface area contributed by atoms with Crippen LogP contribution in [0.2, 0.25) is 0 Å². The minimum absolute atomic E-state index is 0.265. The van der Waals surface area contributed by atoms with Crippen LogP contribution in [0.5, 0.6) is 5.75 Å². The van der Waals surface area contributed by atoms with Crippen molar-refractivity contribution in [3.63, 3.8) is 0 Å². The lowest BCUT2D eigenvalue weighted by atomic mass is 9.96. The quantitative estimate of drug-likeness (QED) is 0.864. The normalized spacial score (nSPS) is 19.1. The lowest BCUT2D eigenvalue weighted by Gasteiger charge is -2.29. The van der Waals surface area contributed by atoms with Gasteiger partial charge in [-0.1, -0.05) is 18.2 Å². The van der Waals surface area contributed by atoms with Gasteiger partial charge in [0.15, 0.2) is 0 Å². The summed E-state index contributed by atoms with van der Waals surface area (Å²) in [6.45, 7) is 3.01. The molecule has 2 aliphatic rings. The lowest BCUT2D eigenvalue weighted by Crippen LogP contribution is -2.36. The van der Waals surface area contributed by atoms with Crippen molar-refractivity contribution in [3.05, 3.63) is 47.8 Å². The summed E-state index contributed by atoms with van der Waals surface area (Å²) in [7, 11) is 0. The van der Waals surface area contributed by atoms with Gasteiger partial charge >= 0.3 is 6.09 Å². The van der Waals surface area contributed by atoms with E-state index in [2.05, 4.69) is 5.32 Å². The smallest absolute Gasteiger partial charge is 0.405 e. The molecular weight excluding hydrogens is 351 g/mol. The molecule has 142 valence electrons. The van der Waals surface area contributed by atoms with E-state index in [1.807, 2.05) is 29.2 Å². The maximum absolute atomic E-state index is 14.7. The zero-order chi connectivity index (χ0) is 18.8. The Morgan fingerprint density at radius 3 is 2.59 bits per heavy atom. The number of rotatable bonds is 3. The molecule has 0 aromatic heterocycles. The SMILES string of the molecule is O=C(O)NC1CCOc2cc(-c3ccc(N4CCOCC4)c(F)c3)ccc21.